The van der Waals surface area contributed by atoms with Gasteiger partial charge in [0.15, 0.2) is 0 Å². The third-order valence-corrected chi connectivity index (χ3v) is 3.40. The molecule has 2 unspecified atom stereocenters. The van der Waals surface area contributed by atoms with Gasteiger partial charge < -0.3 is 14.3 Å². The van der Waals surface area contributed by atoms with Crippen LogP contribution in [0.5, 0.6) is 0 Å². The summed E-state index contributed by atoms with van der Waals surface area (Å²) in [5, 5.41) is 3.72. The predicted molar refractivity (Wildman–Crippen MR) is 68.5 cm³/mol. The van der Waals surface area contributed by atoms with Crippen LogP contribution in [0.1, 0.15) is 32.1 Å². The minimum atomic E-state index is -0.337. The van der Waals surface area contributed by atoms with E-state index in [2.05, 4.69) is 14.7 Å². The van der Waals surface area contributed by atoms with Crippen molar-refractivity contribution in [2.75, 3.05) is 21.3 Å². The fourth-order valence-electron chi connectivity index (χ4n) is 2.39. The Bertz CT molecular complexity index is 353. The number of ketones is 1. The maximum Gasteiger partial charge on any atom is 0.306 e. The molecule has 0 aromatic carbocycles. The minimum Gasteiger partial charge on any atom is -0.482 e. The van der Waals surface area contributed by atoms with Crippen LogP contribution in [0, 0.1) is 11.8 Å². The van der Waals surface area contributed by atoms with E-state index in [0.29, 0.717) is 12.3 Å². The van der Waals surface area contributed by atoms with E-state index < -0.39 is 0 Å². The molecule has 1 aliphatic carbocycles. The summed E-state index contributed by atoms with van der Waals surface area (Å²) in [4.78, 5) is 28.2. The van der Waals surface area contributed by atoms with Crippen molar-refractivity contribution in [3.05, 3.63) is 0 Å². The standard InChI is InChI=1S/C13H21NO5/c1-17-11(14-19-3)7-9-5-4-6-10(13(9)16)8-12(15)18-2/h9-10H,4-8H2,1-3H3. The second kappa shape index (κ2) is 7.76. The SMILES string of the molecule is CON=C(CC1CCCC(CC(=O)OC)C1=O)OC. The van der Waals surface area contributed by atoms with Gasteiger partial charge in [-0.3, -0.25) is 9.59 Å². The Labute approximate surface area is 113 Å². The topological polar surface area (TPSA) is 74.2 Å². The third kappa shape index (κ3) is 4.54. The molecule has 2 atom stereocenters. The molecule has 1 fully saturated rings. The summed E-state index contributed by atoms with van der Waals surface area (Å²) in [5.74, 6) is -0.238. The van der Waals surface area contributed by atoms with Gasteiger partial charge in [-0.05, 0) is 12.8 Å². The van der Waals surface area contributed by atoms with Crippen LogP contribution in [0.4, 0.5) is 0 Å². The van der Waals surface area contributed by atoms with Gasteiger partial charge in [0.1, 0.15) is 12.9 Å². The van der Waals surface area contributed by atoms with Crippen molar-refractivity contribution in [1.82, 2.24) is 0 Å². The molecule has 0 aromatic heterocycles. The van der Waals surface area contributed by atoms with Crippen LogP contribution in [-0.2, 0) is 23.9 Å². The normalized spacial score (nSPS) is 23.9. The van der Waals surface area contributed by atoms with Gasteiger partial charge in [-0.1, -0.05) is 11.6 Å². The first kappa shape index (κ1) is 15.5. The molecule has 0 saturated heterocycles. The number of nitrogens with zero attached hydrogens (tertiary/aromatic N) is 1. The lowest BCUT2D eigenvalue weighted by Gasteiger charge is -2.27. The minimum absolute atomic E-state index is 0.0949. The first-order valence-corrected chi connectivity index (χ1v) is 6.36. The zero-order chi connectivity index (χ0) is 14.3. The fourth-order valence-corrected chi connectivity index (χ4v) is 2.39. The van der Waals surface area contributed by atoms with Gasteiger partial charge in [0, 0.05) is 18.3 Å². The van der Waals surface area contributed by atoms with Gasteiger partial charge in [0.05, 0.1) is 20.6 Å². The number of carbonyl (C=O) groups is 2. The molecule has 0 amide bonds. The molecule has 108 valence electrons. The lowest BCUT2D eigenvalue weighted by Crippen LogP contribution is -2.32. The zero-order valence-corrected chi connectivity index (χ0v) is 11.7. The van der Waals surface area contributed by atoms with Gasteiger partial charge in [0.25, 0.3) is 0 Å². The first-order chi connectivity index (χ1) is 9.12. The molecule has 1 saturated carbocycles. The maximum atomic E-state index is 12.3. The number of oxime groups is 1. The van der Waals surface area contributed by atoms with Gasteiger partial charge in [-0.15, -0.1) is 0 Å². The van der Waals surface area contributed by atoms with Crippen LogP contribution >= 0.6 is 0 Å². The van der Waals surface area contributed by atoms with E-state index in [1.807, 2.05) is 0 Å². The summed E-state index contributed by atoms with van der Waals surface area (Å²) in [7, 11) is 4.26. The van der Waals surface area contributed by atoms with E-state index in [1.54, 1.807) is 0 Å². The molecule has 1 rings (SSSR count). The van der Waals surface area contributed by atoms with Gasteiger partial charge in [0.2, 0.25) is 5.90 Å². The van der Waals surface area contributed by atoms with E-state index in [1.165, 1.54) is 21.3 Å². The molecule has 6 heteroatoms. The Balaban J connectivity index is 2.62. The molecule has 19 heavy (non-hydrogen) atoms. The number of hydrogen-bond acceptors (Lipinski definition) is 6. The molecule has 0 aliphatic heterocycles. The highest BCUT2D eigenvalue weighted by molar-refractivity contribution is 5.91. The Morgan fingerprint density at radius 3 is 2.32 bits per heavy atom. The summed E-state index contributed by atoms with van der Waals surface area (Å²) < 4.78 is 9.68. The molecule has 0 bridgehead atoms. The molecule has 0 radical (unpaired) electrons. The largest absolute Gasteiger partial charge is 0.482 e. The molecule has 0 spiro atoms. The monoisotopic (exact) mass is 271 g/mol. The average molecular weight is 271 g/mol. The van der Waals surface area contributed by atoms with E-state index in [0.717, 1.165) is 19.3 Å². The number of ether oxygens (including phenoxy) is 2. The number of esters is 1. The summed E-state index contributed by atoms with van der Waals surface area (Å²) in [6, 6.07) is 0. The predicted octanol–water partition coefficient (Wildman–Crippen LogP) is 1.53. The van der Waals surface area contributed by atoms with Crippen LogP contribution in [0.15, 0.2) is 5.16 Å². The fraction of sp³-hybridized carbons (Fsp3) is 0.769. The van der Waals surface area contributed by atoms with Crippen molar-refractivity contribution >= 4 is 17.7 Å². The molecular formula is C13H21NO5. The van der Waals surface area contributed by atoms with Crippen LogP contribution < -0.4 is 0 Å². The molecule has 0 N–H and O–H groups in total. The van der Waals surface area contributed by atoms with Gasteiger partial charge in [-0.2, -0.15) is 0 Å². The van der Waals surface area contributed by atoms with E-state index in [4.69, 9.17) is 4.74 Å². The van der Waals surface area contributed by atoms with E-state index in [9.17, 15) is 9.59 Å². The quantitative estimate of drug-likeness (QED) is 0.328. The number of hydrogen-bond donors (Lipinski definition) is 0. The Kier molecular flexibility index (Phi) is 6.32. The molecule has 6 nitrogen and oxygen atoms in total. The Morgan fingerprint density at radius 1 is 1.16 bits per heavy atom. The molecular weight excluding hydrogens is 250 g/mol. The molecule has 1 aliphatic rings. The van der Waals surface area contributed by atoms with Crippen molar-refractivity contribution in [3.8, 4) is 0 Å². The van der Waals surface area contributed by atoms with Crippen LogP contribution in [0.2, 0.25) is 0 Å². The number of carbonyl (C=O) groups excluding carboxylic acids is 2. The number of rotatable bonds is 5. The third-order valence-electron chi connectivity index (χ3n) is 3.40. The van der Waals surface area contributed by atoms with Gasteiger partial charge in [-0.25, -0.2) is 0 Å². The highest BCUT2D eigenvalue weighted by Gasteiger charge is 2.33. The Morgan fingerprint density at radius 2 is 1.79 bits per heavy atom. The van der Waals surface area contributed by atoms with Crippen LogP contribution in [0.25, 0.3) is 0 Å². The smallest absolute Gasteiger partial charge is 0.306 e. The average Bonchev–Trinajstić information content (AvgIpc) is 2.42. The summed E-state index contributed by atoms with van der Waals surface area (Å²) in [6.07, 6.45) is 3.04. The highest BCUT2D eigenvalue weighted by atomic mass is 16.6. The lowest BCUT2D eigenvalue weighted by molar-refractivity contribution is -0.145. The zero-order valence-electron chi connectivity index (χ0n) is 11.7. The van der Waals surface area contributed by atoms with Gasteiger partial charge >= 0.3 is 5.97 Å². The van der Waals surface area contributed by atoms with Crippen LogP contribution in [-0.4, -0.2) is 39.0 Å². The number of methoxy groups -OCH3 is 2. The summed E-state index contributed by atoms with van der Waals surface area (Å²) in [6.45, 7) is 0. The van der Waals surface area contributed by atoms with Crippen molar-refractivity contribution < 1.29 is 23.9 Å². The highest BCUT2D eigenvalue weighted by Crippen LogP contribution is 2.30. The number of Topliss-reactive ketones (excluding diaryl/α,β-unsaturated/α-hetero) is 1. The van der Waals surface area contributed by atoms with Crippen LogP contribution in [0.3, 0.4) is 0 Å². The van der Waals surface area contributed by atoms with Crippen molar-refractivity contribution in [2.45, 2.75) is 32.1 Å². The Hall–Kier alpha value is -1.59. The van der Waals surface area contributed by atoms with E-state index in [-0.39, 0.29) is 30.0 Å². The molecule has 0 aromatic rings. The second-order valence-electron chi connectivity index (χ2n) is 4.58. The first-order valence-electron chi connectivity index (χ1n) is 6.36. The van der Waals surface area contributed by atoms with Crippen molar-refractivity contribution in [2.24, 2.45) is 17.0 Å². The maximum absolute atomic E-state index is 12.3. The summed E-state index contributed by atoms with van der Waals surface area (Å²) >= 11 is 0. The lowest BCUT2D eigenvalue weighted by atomic mass is 9.77. The van der Waals surface area contributed by atoms with Crippen molar-refractivity contribution in [1.29, 1.82) is 0 Å². The molecule has 0 heterocycles. The van der Waals surface area contributed by atoms with E-state index >= 15 is 0 Å². The summed E-state index contributed by atoms with van der Waals surface area (Å²) in [5.41, 5.74) is 0. The second-order valence-corrected chi connectivity index (χ2v) is 4.58. The van der Waals surface area contributed by atoms with Crippen molar-refractivity contribution in [3.63, 3.8) is 0 Å².